The van der Waals surface area contributed by atoms with E-state index < -0.39 is 28.5 Å². The van der Waals surface area contributed by atoms with Crippen molar-refractivity contribution in [1.82, 2.24) is 10.2 Å². The van der Waals surface area contributed by atoms with E-state index in [-0.39, 0.29) is 23.4 Å². The molecule has 3 aromatic rings. The maximum Gasteiger partial charge on any atom is 0.264 e. The smallest absolute Gasteiger partial charge is 0.264 e. The summed E-state index contributed by atoms with van der Waals surface area (Å²) in [7, 11) is -2.52. The van der Waals surface area contributed by atoms with Gasteiger partial charge in [0.15, 0.2) is 0 Å². The normalized spacial score (nSPS) is 14.3. The molecule has 1 saturated carbocycles. The Morgan fingerprint density at radius 1 is 0.929 bits per heavy atom. The SMILES string of the molecule is CCc1ccccc1N(CC(=O)N(Cc1ccc(OC)cc1)C(CC)C(=O)NC1CCCC1)S(=O)(=O)c1ccccc1. The lowest BCUT2D eigenvalue weighted by Gasteiger charge is -2.34. The summed E-state index contributed by atoms with van der Waals surface area (Å²) in [5, 5.41) is 3.14. The van der Waals surface area contributed by atoms with E-state index in [4.69, 9.17) is 4.74 Å². The second-order valence-corrected chi connectivity index (χ2v) is 12.5. The van der Waals surface area contributed by atoms with E-state index in [1.165, 1.54) is 21.3 Å². The van der Waals surface area contributed by atoms with Crippen LogP contribution in [0, 0.1) is 0 Å². The molecule has 0 spiro atoms. The number of hydrogen-bond donors (Lipinski definition) is 1. The summed E-state index contributed by atoms with van der Waals surface area (Å²) in [6.07, 6.45) is 4.95. The fourth-order valence-corrected chi connectivity index (χ4v) is 6.97. The zero-order valence-electron chi connectivity index (χ0n) is 24.7. The highest BCUT2D eigenvalue weighted by molar-refractivity contribution is 7.92. The van der Waals surface area contributed by atoms with Gasteiger partial charge < -0.3 is 15.0 Å². The third-order valence-electron chi connectivity index (χ3n) is 7.85. The maximum atomic E-state index is 14.3. The van der Waals surface area contributed by atoms with E-state index >= 15 is 0 Å². The lowest BCUT2D eigenvalue weighted by molar-refractivity contribution is -0.140. The second kappa shape index (κ2) is 14.4. The summed E-state index contributed by atoms with van der Waals surface area (Å²) in [4.78, 5) is 29.5. The Morgan fingerprint density at radius 2 is 1.57 bits per heavy atom. The van der Waals surface area contributed by atoms with Gasteiger partial charge in [-0.25, -0.2) is 8.42 Å². The Labute approximate surface area is 249 Å². The molecule has 42 heavy (non-hydrogen) atoms. The highest BCUT2D eigenvalue weighted by Crippen LogP contribution is 2.28. The van der Waals surface area contributed by atoms with Crippen molar-refractivity contribution in [2.75, 3.05) is 18.0 Å². The van der Waals surface area contributed by atoms with Crippen LogP contribution in [-0.4, -0.2) is 50.9 Å². The number of benzene rings is 3. The number of methoxy groups -OCH3 is 1. The summed E-state index contributed by atoms with van der Waals surface area (Å²) in [6.45, 7) is 3.52. The Hall–Kier alpha value is -3.85. The van der Waals surface area contributed by atoms with Gasteiger partial charge in [-0.05, 0) is 67.1 Å². The number of ether oxygens (including phenoxy) is 1. The van der Waals surface area contributed by atoms with Crippen molar-refractivity contribution in [3.8, 4) is 5.75 Å². The average Bonchev–Trinajstić information content (AvgIpc) is 3.53. The first kappa shape index (κ1) is 31.1. The Balaban J connectivity index is 1.73. The average molecular weight is 592 g/mol. The highest BCUT2D eigenvalue weighted by Gasteiger charge is 2.35. The number of carbonyl (C=O) groups excluding carboxylic acids is 2. The van der Waals surface area contributed by atoms with E-state index in [1.807, 2.05) is 38.1 Å². The summed E-state index contributed by atoms with van der Waals surface area (Å²) in [5.74, 6) is 0.0151. The predicted octanol–water partition coefficient (Wildman–Crippen LogP) is 5.32. The Bertz CT molecular complexity index is 1440. The molecule has 4 rings (SSSR count). The molecule has 8 nitrogen and oxygen atoms in total. The van der Waals surface area contributed by atoms with Crippen LogP contribution in [-0.2, 0) is 32.6 Å². The van der Waals surface area contributed by atoms with Crippen molar-refractivity contribution in [2.45, 2.75) is 75.9 Å². The second-order valence-electron chi connectivity index (χ2n) is 10.6. The van der Waals surface area contributed by atoms with Crippen LogP contribution in [0.2, 0.25) is 0 Å². The molecule has 9 heteroatoms. The quantitative estimate of drug-likeness (QED) is 0.290. The van der Waals surface area contributed by atoms with Crippen LogP contribution in [0.15, 0.2) is 83.8 Å². The highest BCUT2D eigenvalue weighted by atomic mass is 32.2. The minimum atomic E-state index is -4.10. The first-order valence-electron chi connectivity index (χ1n) is 14.7. The molecule has 0 bridgehead atoms. The number of anilines is 1. The zero-order chi connectivity index (χ0) is 30.1. The standard InChI is InChI=1S/C33H41N3O5S/c1-4-26-13-9-12-18-31(26)36(42(39,40)29-16-7-6-8-17-29)24-32(37)35(23-25-19-21-28(41-3)22-20-25)30(5-2)33(38)34-27-14-10-11-15-27/h6-9,12-13,16-22,27,30H,4-5,10-11,14-15,23-24H2,1-3H3,(H,34,38). The van der Waals surface area contributed by atoms with Gasteiger partial charge in [0.2, 0.25) is 11.8 Å². The molecule has 1 fully saturated rings. The van der Waals surface area contributed by atoms with Crippen LogP contribution in [0.4, 0.5) is 5.69 Å². The molecule has 1 aliphatic carbocycles. The molecule has 1 unspecified atom stereocenters. The number of para-hydroxylation sites is 1. The molecule has 1 aliphatic rings. The maximum absolute atomic E-state index is 14.3. The number of sulfonamides is 1. The summed E-state index contributed by atoms with van der Waals surface area (Å²) in [5.41, 5.74) is 2.06. The molecule has 1 N–H and O–H groups in total. The van der Waals surface area contributed by atoms with Crippen molar-refractivity contribution in [3.63, 3.8) is 0 Å². The summed E-state index contributed by atoms with van der Waals surface area (Å²) < 4.78 is 34.6. The molecule has 0 aromatic heterocycles. The van der Waals surface area contributed by atoms with Crippen LogP contribution < -0.4 is 14.4 Å². The van der Waals surface area contributed by atoms with Crippen LogP contribution in [0.25, 0.3) is 0 Å². The van der Waals surface area contributed by atoms with Crippen LogP contribution in [0.3, 0.4) is 0 Å². The molecular formula is C33H41N3O5S. The van der Waals surface area contributed by atoms with Gasteiger partial charge in [-0.2, -0.15) is 0 Å². The monoisotopic (exact) mass is 591 g/mol. The van der Waals surface area contributed by atoms with E-state index in [1.54, 1.807) is 49.6 Å². The Morgan fingerprint density at radius 3 is 2.19 bits per heavy atom. The van der Waals surface area contributed by atoms with Crippen molar-refractivity contribution in [2.24, 2.45) is 0 Å². The number of nitrogens with one attached hydrogen (secondary N) is 1. The van der Waals surface area contributed by atoms with Gasteiger partial charge in [-0.15, -0.1) is 0 Å². The minimum Gasteiger partial charge on any atom is -0.497 e. The molecule has 2 amide bonds. The number of rotatable bonds is 13. The van der Waals surface area contributed by atoms with Crippen LogP contribution in [0.5, 0.6) is 5.75 Å². The largest absolute Gasteiger partial charge is 0.497 e. The van der Waals surface area contributed by atoms with E-state index in [9.17, 15) is 18.0 Å². The fraction of sp³-hybridized carbons (Fsp3) is 0.394. The van der Waals surface area contributed by atoms with Gasteiger partial charge in [-0.1, -0.05) is 75.2 Å². The molecule has 0 radical (unpaired) electrons. The first-order chi connectivity index (χ1) is 20.3. The fourth-order valence-electron chi connectivity index (χ4n) is 5.50. The number of hydrogen-bond acceptors (Lipinski definition) is 5. The summed E-state index contributed by atoms with van der Waals surface area (Å²) in [6, 6.07) is 22.0. The minimum absolute atomic E-state index is 0.0934. The molecular weight excluding hydrogens is 550 g/mol. The predicted molar refractivity (Wildman–Crippen MR) is 165 cm³/mol. The van der Waals surface area contributed by atoms with Gasteiger partial charge in [0.05, 0.1) is 17.7 Å². The van der Waals surface area contributed by atoms with E-state index in [0.29, 0.717) is 24.3 Å². The van der Waals surface area contributed by atoms with Crippen molar-refractivity contribution in [1.29, 1.82) is 0 Å². The van der Waals surface area contributed by atoms with Crippen molar-refractivity contribution >= 4 is 27.5 Å². The molecule has 0 aliphatic heterocycles. The molecule has 0 saturated heterocycles. The topological polar surface area (TPSA) is 96.0 Å². The van der Waals surface area contributed by atoms with E-state index in [0.717, 1.165) is 36.8 Å². The van der Waals surface area contributed by atoms with E-state index in [2.05, 4.69) is 5.32 Å². The lowest BCUT2D eigenvalue weighted by Crippen LogP contribution is -2.53. The third-order valence-corrected chi connectivity index (χ3v) is 9.62. The summed E-state index contributed by atoms with van der Waals surface area (Å²) >= 11 is 0. The lowest BCUT2D eigenvalue weighted by atomic mass is 10.1. The molecule has 0 heterocycles. The van der Waals surface area contributed by atoms with Gasteiger partial charge >= 0.3 is 0 Å². The van der Waals surface area contributed by atoms with Gasteiger partial charge in [0.25, 0.3) is 10.0 Å². The van der Waals surface area contributed by atoms with Crippen molar-refractivity contribution in [3.05, 3.63) is 90.0 Å². The van der Waals surface area contributed by atoms with Crippen molar-refractivity contribution < 1.29 is 22.7 Å². The first-order valence-corrected chi connectivity index (χ1v) is 16.1. The number of aryl methyl sites for hydroxylation is 1. The van der Waals surface area contributed by atoms with Crippen LogP contribution >= 0.6 is 0 Å². The van der Waals surface area contributed by atoms with Gasteiger partial charge in [0, 0.05) is 12.6 Å². The molecule has 224 valence electrons. The van der Waals surface area contributed by atoms with Crippen LogP contribution in [0.1, 0.15) is 57.1 Å². The molecule has 3 aromatic carbocycles. The number of nitrogens with zero attached hydrogens (tertiary/aromatic N) is 2. The third kappa shape index (κ3) is 7.31. The molecule has 1 atom stereocenters. The zero-order valence-corrected chi connectivity index (χ0v) is 25.5. The Kier molecular flexibility index (Phi) is 10.6. The van der Waals surface area contributed by atoms with Gasteiger partial charge in [0.1, 0.15) is 18.3 Å². The van der Waals surface area contributed by atoms with Gasteiger partial charge in [-0.3, -0.25) is 13.9 Å². The number of amides is 2. The number of carbonyl (C=O) groups is 2.